The summed E-state index contributed by atoms with van der Waals surface area (Å²) in [4.78, 5) is 14.6. The lowest BCUT2D eigenvalue weighted by molar-refractivity contribution is -0.127. The molecule has 0 unspecified atom stereocenters. The van der Waals surface area contributed by atoms with Crippen molar-refractivity contribution in [3.05, 3.63) is 42.1 Å². The molecule has 25 heavy (non-hydrogen) atoms. The second-order valence-electron chi connectivity index (χ2n) is 7.15. The van der Waals surface area contributed by atoms with Crippen molar-refractivity contribution in [1.82, 2.24) is 9.47 Å². The van der Waals surface area contributed by atoms with E-state index in [9.17, 15) is 4.79 Å². The van der Waals surface area contributed by atoms with Gasteiger partial charge in [0.05, 0.1) is 12.5 Å². The smallest absolute Gasteiger partial charge is 0.246 e. The van der Waals surface area contributed by atoms with E-state index in [1.54, 1.807) is 6.08 Å². The number of nitriles is 1. The highest BCUT2D eigenvalue weighted by atomic mass is 16.2. The first-order chi connectivity index (χ1) is 12.1. The van der Waals surface area contributed by atoms with E-state index in [1.165, 1.54) is 0 Å². The van der Waals surface area contributed by atoms with Crippen molar-refractivity contribution in [3.8, 4) is 6.07 Å². The van der Waals surface area contributed by atoms with Crippen LogP contribution in [0, 0.1) is 17.2 Å². The van der Waals surface area contributed by atoms with Crippen LogP contribution in [-0.4, -0.2) is 28.0 Å². The first kappa shape index (κ1) is 17.3. The first-order valence-corrected chi connectivity index (χ1v) is 9.03. The van der Waals surface area contributed by atoms with Crippen LogP contribution in [0.25, 0.3) is 17.0 Å². The third kappa shape index (κ3) is 4.11. The normalized spacial score (nSPS) is 14.3. The number of para-hydroxylation sites is 1. The van der Waals surface area contributed by atoms with E-state index in [2.05, 4.69) is 36.6 Å². The number of carbonyl (C=O) groups is 1. The molecule has 3 rings (SSSR count). The average molecular weight is 335 g/mol. The highest BCUT2D eigenvalue weighted by Crippen LogP contribution is 2.28. The Labute approximate surface area is 149 Å². The van der Waals surface area contributed by atoms with Crippen molar-refractivity contribution >= 4 is 22.9 Å². The number of amides is 1. The van der Waals surface area contributed by atoms with E-state index in [1.807, 2.05) is 29.3 Å². The summed E-state index contributed by atoms with van der Waals surface area (Å²) >= 11 is 0. The Bertz CT molecular complexity index is 821. The molecule has 2 aromatic rings. The lowest BCUT2D eigenvalue weighted by atomic mass is 10.1. The third-order valence-electron chi connectivity index (χ3n) is 4.52. The Balaban J connectivity index is 1.83. The van der Waals surface area contributed by atoms with Crippen LogP contribution in [0.1, 0.15) is 38.7 Å². The van der Waals surface area contributed by atoms with E-state index < -0.39 is 0 Å². The van der Waals surface area contributed by atoms with Gasteiger partial charge >= 0.3 is 0 Å². The van der Waals surface area contributed by atoms with Gasteiger partial charge < -0.3 is 9.47 Å². The van der Waals surface area contributed by atoms with Crippen LogP contribution in [0.2, 0.25) is 0 Å². The molecule has 1 aromatic carbocycles. The van der Waals surface area contributed by atoms with Crippen LogP contribution >= 0.6 is 0 Å². The van der Waals surface area contributed by atoms with Gasteiger partial charge in [-0.2, -0.15) is 5.26 Å². The largest absolute Gasteiger partial charge is 0.346 e. The summed E-state index contributed by atoms with van der Waals surface area (Å²) in [7, 11) is 0. The van der Waals surface area contributed by atoms with Gasteiger partial charge in [0.15, 0.2) is 0 Å². The van der Waals surface area contributed by atoms with Crippen molar-refractivity contribution in [2.24, 2.45) is 5.92 Å². The van der Waals surface area contributed by atoms with Gasteiger partial charge in [0.1, 0.15) is 0 Å². The minimum absolute atomic E-state index is 0.102. The van der Waals surface area contributed by atoms with Crippen molar-refractivity contribution in [2.45, 2.75) is 45.7 Å². The number of benzene rings is 1. The Morgan fingerprint density at radius 3 is 2.84 bits per heavy atom. The minimum atomic E-state index is 0.102. The number of hydrogen-bond acceptors (Lipinski definition) is 2. The average Bonchev–Trinajstić information content (AvgIpc) is 3.38. The molecule has 1 heterocycles. The maximum atomic E-state index is 12.6. The second-order valence-corrected chi connectivity index (χ2v) is 7.15. The van der Waals surface area contributed by atoms with Crippen LogP contribution in [0.4, 0.5) is 0 Å². The predicted octanol–water partition coefficient (Wildman–Crippen LogP) is 4.22. The summed E-state index contributed by atoms with van der Waals surface area (Å²) < 4.78 is 2.09. The molecular weight excluding hydrogens is 310 g/mol. The predicted molar refractivity (Wildman–Crippen MR) is 101 cm³/mol. The molecule has 0 saturated heterocycles. The zero-order valence-corrected chi connectivity index (χ0v) is 15.0. The summed E-state index contributed by atoms with van der Waals surface area (Å²) in [6.45, 7) is 5.78. The summed E-state index contributed by atoms with van der Waals surface area (Å²) in [6.07, 6.45) is 8.39. The highest BCUT2D eigenvalue weighted by Gasteiger charge is 2.31. The molecule has 1 aromatic heterocycles. The van der Waals surface area contributed by atoms with Crippen LogP contribution < -0.4 is 0 Å². The van der Waals surface area contributed by atoms with Gasteiger partial charge in [-0.3, -0.25) is 4.79 Å². The molecule has 1 aliphatic rings. The summed E-state index contributed by atoms with van der Waals surface area (Å²) in [6, 6.07) is 10.7. The SMILES string of the molecule is CC(C)CN(C(=O)C=Cc1cn(CCC#N)c2ccccc12)C1CC1. The van der Waals surface area contributed by atoms with Crippen LogP contribution in [0.15, 0.2) is 36.5 Å². The maximum Gasteiger partial charge on any atom is 0.246 e. The Hall–Kier alpha value is -2.54. The zero-order chi connectivity index (χ0) is 17.8. The molecule has 1 amide bonds. The molecule has 1 saturated carbocycles. The molecule has 0 N–H and O–H groups in total. The molecular formula is C21H25N3O. The molecule has 1 aliphatic carbocycles. The first-order valence-electron chi connectivity index (χ1n) is 9.03. The van der Waals surface area contributed by atoms with Gasteiger partial charge in [0.2, 0.25) is 5.91 Å². The van der Waals surface area contributed by atoms with E-state index in [4.69, 9.17) is 5.26 Å². The zero-order valence-electron chi connectivity index (χ0n) is 15.0. The Kier molecular flexibility index (Phi) is 5.23. The molecule has 0 atom stereocenters. The van der Waals surface area contributed by atoms with Gasteiger partial charge in [-0.05, 0) is 30.9 Å². The fourth-order valence-corrected chi connectivity index (χ4v) is 3.22. The van der Waals surface area contributed by atoms with Crippen molar-refractivity contribution in [2.75, 3.05) is 6.54 Å². The summed E-state index contributed by atoms with van der Waals surface area (Å²) in [5.41, 5.74) is 2.13. The number of aromatic nitrogens is 1. The Morgan fingerprint density at radius 2 is 2.16 bits per heavy atom. The van der Waals surface area contributed by atoms with Gasteiger partial charge in [0.25, 0.3) is 0 Å². The van der Waals surface area contributed by atoms with E-state index in [-0.39, 0.29) is 5.91 Å². The second kappa shape index (κ2) is 7.57. The third-order valence-corrected chi connectivity index (χ3v) is 4.52. The number of aryl methyl sites for hydroxylation is 1. The van der Waals surface area contributed by atoms with Gasteiger partial charge in [-0.1, -0.05) is 32.0 Å². The summed E-state index contributed by atoms with van der Waals surface area (Å²) in [5, 5.41) is 9.96. The van der Waals surface area contributed by atoms with Crippen molar-refractivity contribution in [3.63, 3.8) is 0 Å². The van der Waals surface area contributed by atoms with Crippen molar-refractivity contribution in [1.29, 1.82) is 5.26 Å². The van der Waals surface area contributed by atoms with Crippen LogP contribution in [0.3, 0.4) is 0 Å². The van der Waals surface area contributed by atoms with E-state index in [0.29, 0.717) is 24.9 Å². The molecule has 1 fully saturated rings. The molecule has 4 nitrogen and oxygen atoms in total. The maximum absolute atomic E-state index is 12.6. The molecule has 0 bridgehead atoms. The highest BCUT2D eigenvalue weighted by molar-refractivity contribution is 5.96. The van der Waals surface area contributed by atoms with E-state index in [0.717, 1.165) is 35.9 Å². The molecule has 4 heteroatoms. The molecule has 130 valence electrons. The standard InChI is InChI=1S/C21H25N3O/c1-16(2)14-24(18-9-10-18)21(25)11-8-17-15-23(13-5-12-22)20-7-4-3-6-19(17)20/h3-4,6-8,11,15-16,18H,5,9-10,13-14H2,1-2H3. The Morgan fingerprint density at radius 1 is 1.40 bits per heavy atom. The number of nitrogens with zero attached hydrogens (tertiary/aromatic N) is 3. The monoisotopic (exact) mass is 335 g/mol. The number of fused-ring (bicyclic) bond motifs is 1. The molecule has 0 spiro atoms. The molecule has 0 aliphatic heterocycles. The van der Waals surface area contributed by atoms with Gasteiger partial charge in [-0.15, -0.1) is 0 Å². The lowest BCUT2D eigenvalue weighted by Crippen LogP contribution is -2.34. The lowest BCUT2D eigenvalue weighted by Gasteiger charge is -2.22. The molecule has 0 radical (unpaired) electrons. The number of carbonyl (C=O) groups excluding carboxylic acids is 1. The minimum Gasteiger partial charge on any atom is -0.346 e. The van der Waals surface area contributed by atoms with Crippen LogP contribution in [-0.2, 0) is 11.3 Å². The number of rotatable bonds is 7. The van der Waals surface area contributed by atoms with Crippen LogP contribution in [0.5, 0.6) is 0 Å². The summed E-state index contributed by atoms with van der Waals surface area (Å²) in [5.74, 6) is 0.580. The van der Waals surface area contributed by atoms with Gasteiger partial charge in [0, 0.05) is 47.9 Å². The quantitative estimate of drug-likeness (QED) is 0.712. The van der Waals surface area contributed by atoms with Gasteiger partial charge in [-0.25, -0.2) is 0 Å². The number of hydrogen-bond donors (Lipinski definition) is 0. The topological polar surface area (TPSA) is 49.0 Å². The van der Waals surface area contributed by atoms with E-state index >= 15 is 0 Å². The fourth-order valence-electron chi connectivity index (χ4n) is 3.22. The van der Waals surface area contributed by atoms with Crippen molar-refractivity contribution < 1.29 is 4.79 Å². The fraction of sp³-hybridized carbons (Fsp3) is 0.429.